The highest BCUT2D eigenvalue weighted by molar-refractivity contribution is 6.34. The van der Waals surface area contributed by atoms with Gasteiger partial charge in [0.1, 0.15) is 0 Å². The molecule has 0 aliphatic carbocycles. The lowest BCUT2D eigenvalue weighted by Gasteiger charge is -2.07. The Morgan fingerprint density at radius 3 is 2.40 bits per heavy atom. The molecule has 1 heterocycles. The van der Waals surface area contributed by atoms with Gasteiger partial charge in [0.2, 0.25) is 0 Å². The lowest BCUT2D eigenvalue weighted by atomic mass is 10.2. The van der Waals surface area contributed by atoms with E-state index in [2.05, 4.69) is 15.6 Å². The minimum absolute atomic E-state index is 0.125. The first-order valence-corrected chi connectivity index (χ1v) is 6.29. The maximum atomic E-state index is 11.8. The van der Waals surface area contributed by atoms with Gasteiger partial charge in [0.25, 0.3) is 5.91 Å². The number of hydrogen-bond donors (Lipinski definition) is 2. The van der Waals surface area contributed by atoms with Crippen molar-refractivity contribution in [1.29, 1.82) is 0 Å². The van der Waals surface area contributed by atoms with E-state index in [9.17, 15) is 9.59 Å². The molecule has 0 saturated carbocycles. The second-order valence-electron chi connectivity index (χ2n) is 3.77. The van der Waals surface area contributed by atoms with Gasteiger partial charge in [-0.2, -0.15) is 0 Å². The molecule has 7 heteroatoms. The van der Waals surface area contributed by atoms with Gasteiger partial charge in [0, 0.05) is 23.1 Å². The number of pyridine rings is 1. The van der Waals surface area contributed by atoms with Gasteiger partial charge in [-0.3, -0.25) is 15.1 Å². The summed E-state index contributed by atoms with van der Waals surface area (Å²) in [6, 6.07) is 7.27. The van der Waals surface area contributed by atoms with Gasteiger partial charge in [0.15, 0.2) is 0 Å². The fourth-order valence-corrected chi connectivity index (χ4v) is 1.73. The summed E-state index contributed by atoms with van der Waals surface area (Å²) in [5.41, 5.74) is 0.636. The monoisotopic (exact) mass is 309 g/mol. The van der Waals surface area contributed by atoms with E-state index < -0.39 is 11.9 Å². The summed E-state index contributed by atoms with van der Waals surface area (Å²) in [5.74, 6) is -0.630. The number of rotatable bonds is 2. The molecule has 2 rings (SSSR count). The Bertz CT molecular complexity index is 644. The van der Waals surface area contributed by atoms with Crippen molar-refractivity contribution in [3.05, 3.63) is 58.3 Å². The van der Waals surface area contributed by atoms with Crippen LogP contribution in [0.15, 0.2) is 42.7 Å². The molecular weight excluding hydrogens is 301 g/mol. The van der Waals surface area contributed by atoms with Gasteiger partial charge in [-0.1, -0.05) is 23.2 Å². The Labute approximate surface area is 124 Å². The van der Waals surface area contributed by atoms with Crippen molar-refractivity contribution in [3.8, 4) is 0 Å². The van der Waals surface area contributed by atoms with Crippen LogP contribution in [0, 0.1) is 0 Å². The Morgan fingerprint density at radius 2 is 1.75 bits per heavy atom. The molecular formula is C13H9Cl2N3O2. The molecule has 102 valence electrons. The van der Waals surface area contributed by atoms with Gasteiger partial charge in [-0.05, 0) is 30.3 Å². The average Bonchev–Trinajstić information content (AvgIpc) is 2.41. The Balaban J connectivity index is 2.00. The van der Waals surface area contributed by atoms with Crippen LogP contribution in [0.5, 0.6) is 0 Å². The van der Waals surface area contributed by atoms with E-state index in [4.69, 9.17) is 23.2 Å². The zero-order valence-corrected chi connectivity index (χ0v) is 11.6. The highest BCUT2D eigenvalue weighted by Crippen LogP contribution is 2.14. The average molecular weight is 310 g/mol. The molecule has 5 nitrogen and oxygen atoms in total. The van der Waals surface area contributed by atoms with Gasteiger partial charge < -0.3 is 5.32 Å². The van der Waals surface area contributed by atoms with Crippen LogP contribution in [-0.4, -0.2) is 16.9 Å². The summed E-state index contributed by atoms with van der Waals surface area (Å²) in [6.45, 7) is 0. The summed E-state index contributed by atoms with van der Waals surface area (Å²) in [6.07, 6.45) is 2.74. The number of halogens is 2. The van der Waals surface area contributed by atoms with E-state index in [0.29, 0.717) is 10.7 Å². The first kappa shape index (κ1) is 14.3. The highest BCUT2D eigenvalue weighted by atomic mass is 35.5. The number of hydrogen-bond acceptors (Lipinski definition) is 3. The van der Waals surface area contributed by atoms with Gasteiger partial charge in [0.05, 0.1) is 10.6 Å². The Morgan fingerprint density at radius 1 is 1.05 bits per heavy atom. The molecule has 3 amide bonds. The number of nitrogens with zero attached hydrogens (tertiary/aromatic N) is 1. The molecule has 1 aromatic heterocycles. The minimum atomic E-state index is -0.669. The van der Waals surface area contributed by atoms with Crippen LogP contribution in [-0.2, 0) is 0 Å². The zero-order valence-electron chi connectivity index (χ0n) is 10.1. The van der Waals surface area contributed by atoms with Crippen LogP contribution >= 0.6 is 23.2 Å². The number of urea groups is 1. The summed E-state index contributed by atoms with van der Waals surface area (Å²) >= 11 is 11.6. The normalized spacial score (nSPS) is 9.90. The summed E-state index contributed by atoms with van der Waals surface area (Å²) in [5, 5.41) is 5.42. The molecule has 0 aliphatic rings. The third-order valence-electron chi connectivity index (χ3n) is 2.34. The number of amides is 3. The number of carbonyl (C=O) groups excluding carboxylic acids is 2. The first-order valence-electron chi connectivity index (χ1n) is 5.53. The minimum Gasteiger partial charge on any atom is -0.308 e. The molecule has 20 heavy (non-hydrogen) atoms. The molecule has 0 bridgehead atoms. The van der Waals surface area contributed by atoms with Crippen LogP contribution in [0.3, 0.4) is 0 Å². The summed E-state index contributed by atoms with van der Waals surface area (Å²) in [4.78, 5) is 27.2. The topological polar surface area (TPSA) is 71.1 Å². The molecule has 0 atom stereocenters. The number of carbonyl (C=O) groups is 2. The smallest absolute Gasteiger partial charge is 0.308 e. The van der Waals surface area contributed by atoms with Crippen molar-refractivity contribution in [2.75, 3.05) is 5.32 Å². The molecule has 0 spiro atoms. The van der Waals surface area contributed by atoms with E-state index in [0.717, 1.165) is 0 Å². The van der Waals surface area contributed by atoms with Crippen LogP contribution in [0.4, 0.5) is 10.5 Å². The van der Waals surface area contributed by atoms with Crippen LogP contribution in [0.25, 0.3) is 0 Å². The molecule has 2 aromatic rings. The van der Waals surface area contributed by atoms with Crippen molar-refractivity contribution < 1.29 is 9.59 Å². The molecule has 0 radical (unpaired) electrons. The zero-order chi connectivity index (χ0) is 14.5. The number of nitrogens with one attached hydrogen (secondary N) is 2. The van der Waals surface area contributed by atoms with Crippen molar-refractivity contribution in [1.82, 2.24) is 10.3 Å². The van der Waals surface area contributed by atoms with Gasteiger partial charge in [-0.25, -0.2) is 4.79 Å². The highest BCUT2D eigenvalue weighted by Gasteiger charge is 2.13. The van der Waals surface area contributed by atoms with Crippen molar-refractivity contribution in [2.24, 2.45) is 0 Å². The van der Waals surface area contributed by atoms with Crippen molar-refractivity contribution >= 4 is 40.8 Å². The molecule has 2 N–H and O–H groups in total. The molecule has 1 aromatic carbocycles. The largest absolute Gasteiger partial charge is 0.326 e. The fraction of sp³-hybridized carbons (Fsp3) is 0. The van der Waals surface area contributed by atoms with Crippen molar-refractivity contribution in [2.45, 2.75) is 0 Å². The quantitative estimate of drug-likeness (QED) is 0.893. The molecule has 0 saturated heterocycles. The summed E-state index contributed by atoms with van der Waals surface area (Å²) < 4.78 is 0. The van der Waals surface area contributed by atoms with Crippen LogP contribution in [0.2, 0.25) is 10.0 Å². The molecule has 0 fully saturated rings. The van der Waals surface area contributed by atoms with E-state index in [1.165, 1.54) is 18.5 Å². The number of imide groups is 1. The molecule has 0 aliphatic heterocycles. The number of aromatic nitrogens is 1. The van der Waals surface area contributed by atoms with Gasteiger partial charge >= 0.3 is 6.03 Å². The van der Waals surface area contributed by atoms with E-state index in [1.807, 2.05) is 0 Å². The van der Waals surface area contributed by atoms with Crippen LogP contribution < -0.4 is 10.6 Å². The van der Waals surface area contributed by atoms with Crippen molar-refractivity contribution in [3.63, 3.8) is 0 Å². The third kappa shape index (κ3) is 3.69. The summed E-state index contributed by atoms with van der Waals surface area (Å²) in [7, 11) is 0. The molecule has 0 unspecified atom stereocenters. The Hall–Kier alpha value is -2.11. The van der Waals surface area contributed by atoms with Gasteiger partial charge in [-0.15, -0.1) is 0 Å². The van der Waals surface area contributed by atoms with E-state index in [-0.39, 0.29) is 10.6 Å². The van der Waals surface area contributed by atoms with E-state index >= 15 is 0 Å². The lowest BCUT2D eigenvalue weighted by Crippen LogP contribution is -2.34. The Kier molecular flexibility index (Phi) is 4.55. The predicted molar refractivity (Wildman–Crippen MR) is 77.2 cm³/mol. The second-order valence-corrected chi connectivity index (χ2v) is 4.61. The maximum Gasteiger partial charge on any atom is 0.326 e. The maximum absolute atomic E-state index is 11.8. The van der Waals surface area contributed by atoms with E-state index in [1.54, 1.807) is 24.3 Å². The SMILES string of the molecule is O=C(NC(=O)c1cnccc1Cl)Nc1ccc(Cl)cc1. The lowest BCUT2D eigenvalue weighted by molar-refractivity contribution is 0.0967. The number of anilines is 1. The van der Waals surface area contributed by atoms with Crippen LogP contribution in [0.1, 0.15) is 10.4 Å². The first-order chi connectivity index (χ1) is 9.56. The number of benzene rings is 1. The fourth-order valence-electron chi connectivity index (χ4n) is 1.41. The third-order valence-corrected chi connectivity index (χ3v) is 2.92. The predicted octanol–water partition coefficient (Wildman–Crippen LogP) is 3.35. The standard InChI is InChI=1S/C13H9Cl2N3O2/c14-8-1-3-9(4-2-8)17-13(20)18-12(19)10-7-16-6-5-11(10)15/h1-7H,(H2,17,18,19,20). The second kappa shape index (κ2) is 6.36.